The van der Waals surface area contributed by atoms with Crippen LogP contribution in [0.15, 0.2) is 38.3 Å². The summed E-state index contributed by atoms with van der Waals surface area (Å²) in [6.07, 6.45) is 0. The van der Waals surface area contributed by atoms with Crippen LogP contribution in [0.25, 0.3) is 22.4 Å². The first-order chi connectivity index (χ1) is 8.13. The molecule has 3 rings (SSSR count). The van der Waals surface area contributed by atoms with Crippen molar-refractivity contribution in [2.75, 3.05) is 0 Å². The Bertz CT molecular complexity index is 806. The summed E-state index contributed by atoms with van der Waals surface area (Å²) < 4.78 is 6.46. The maximum atomic E-state index is 11.6. The Hall–Kier alpha value is -1.70. The Kier molecular flexibility index (Phi) is 2.25. The summed E-state index contributed by atoms with van der Waals surface area (Å²) in [6, 6.07) is 7.22. The highest BCUT2D eigenvalue weighted by atomic mass is 127. The smallest absolute Gasteiger partial charge is 0.351 e. The minimum Gasteiger partial charge on any atom is -0.437 e. The number of hydrogen-bond acceptors (Lipinski definition) is 4. The zero-order valence-corrected chi connectivity index (χ0v) is 10.5. The first-order valence-corrected chi connectivity index (χ1v) is 5.85. The molecule has 2 heterocycles. The van der Waals surface area contributed by atoms with E-state index in [1.54, 1.807) is 12.1 Å². The number of benzene rings is 1. The first kappa shape index (κ1) is 10.5. The summed E-state index contributed by atoms with van der Waals surface area (Å²) in [5, 5.41) is 0.801. The number of halogens is 1. The van der Waals surface area contributed by atoms with Crippen LogP contribution in [0.2, 0.25) is 0 Å². The second-order valence-electron chi connectivity index (χ2n) is 3.52. The van der Waals surface area contributed by atoms with Gasteiger partial charge in [0.05, 0.1) is 0 Å². The predicted octanol–water partition coefficient (Wildman–Crippen LogP) is 1.59. The Morgan fingerprint density at radius 2 is 2.06 bits per heavy atom. The monoisotopic (exact) mass is 340 g/mol. The molecule has 0 fully saturated rings. The molecule has 6 heteroatoms. The second kappa shape index (κ2) is 3.66. The summed E-state index contributed by atoms with van der Waals surface area (Å²) in [5.74, 6) is 0.0625. The zero-order valence-electron chi connectivity index (χ0n) is 8.36. The third-order valence-corrected chi connectivity index (χ3v) is 3.05. The standard InChI is InChI=1S/C11H5IN2O3/c12-6-1-2-8-5(3-6)4-7-9(15)13-11(16)14-10(7)17-8/h1-4H,(H,13,15,16). The maximum absolute atomic E-state index is 11.6. The van der Waals surface area contributed by atoms with Crippen LogP contribution in [0.5, 0.6) is 0 Å². The molecule has 0 saturated heterocycles. The molecule has 0 aliphatic carbocycles. The molecule has 0 atom stereocenters. The third-order valence-electron chi connectivity index (χ3n) is 2.38. The summed E-state index contributed by atoms with van der Waals surface area (Å²) in [4.78, 5) is 28.4. The number of nitrogens with one attached hydrogen (secondary N) is 1. The van der Waals surface area contributed by atoms with E-state index in [0.717, 1.165) is 8.96 Å². The number of nitrogens with zero attached hydrogens (tertiary/aromatic N) is 1. The van der Waals surface area contributed by atoms with Crippen molar-refractivity contribution in [1.29, 1.82) is 0 Å². The minimum atomic E-state index is -0.698. The van der Waals surface area contributed by atoms with E-state index < -0.39 is 11.2 Å². The fraction of sp³-hybridized carbons (Fsp3) is 0. The van der Waals surface area contributed by atoms with E-state index in [1.165, 1.54) is 0 Å². The molecular weight excluding hydrogens is 335 g/mol. The van der Waals surface area contributed by atoms with Crippen molar-refractivity contribution in [3.8, 4) is 11.5 Å². The van der Waals surface area contributed by atoms with Crippen molar-refractivity contribution in [1.82, 2.24) is 9.97 Å². The van der Waals surface area contributed by atoms with Crippen LogP contribution >= 0.6 is 22.6 Å². The largest absolute Gasteiger partial charge is 0.437 e. The van der Waals surface area contributed by atoms with Gasteiger partial charge in [-0.25, -0.2) is 4.79 Å². The SMILES string of the molecule is O=c1nc2oc3ccc(I)cc3cc-2c(=O)[nH]1. The van der Waals surface area contributed by atoms with Crippen LogP contribution in [-0.2, 0) is 0 Å². The van der Waals surface area contributed by atoms with Crippen molar-refractivity contribution in [2.24, 2.45) is 0 Å². The number of hydrogen-bond donors (Lipinski definition) is 1. The molecule has 0 saturated carbocycles. The van der Waals surface area contributed by atoms with Crippen LogP contribution in [0.1, 0.15) is 0 Å². The fourth-order valence-electron chi connectivity index (χ4n) is 1.63. The lowest BCUT2D eigenvalue weighted by Crippen LogP contribution is -2.24. The van der Waals surface area contributed by atoms with E-state index in [0.29, 0.717) is 5.58 Å². The van der Waals surface area contributed by atoms with Crippen molar-refractivity contribution in [3.63, 3.8) is 0 Å². The summed E-state index contributed by atoms with van der Waals surface area (Å²) in [7, 11) is 0. The van der Waals surface area contributed by atoms with Gasteiger partial charge in [0.15, 0.2) is 0 Å². The third kappa shape index (κ3) is 1.74. The van der Waals surface area contributed by atoms with Gasteiger partial charge in [-0.05, 0) is 46.9 Å². The molecule has 1 N–H and O–H groups in total. The van der Waals surface area contributed by atoms with Crippen molar-refractivity contribution < 1.29 is 4.42 Å². The molecule has 2 aliphatic rings. The van der Waals surface area contributed by atoms with Crippen molar-refractivity contribution in [3.05, 3.63) is 48.7 Å². The Morgan fingerprint density at radius 1 is 1.24 bits per heavy atom. The van der Waals surface area contributed by atoms with Gasteiger partial charge in [-0.1, -0.05) is 0 Å². The van der Waals surface area contributed by atoms with E-state index in [1.807, 2.05) is 12.1 Å². The molecule has 1 aromatic rings. The molecular formula is C11H5IN2O3. The van der Waals surface area contributed by atoms with Gasteiger partial charge in [0.25, 0.3) is 5.56 Å². The van der Waals surface area contributed by atoms with E-state index >= 15 is 0 Å². The predicted molar refractivity (Wildman–Crippen MR) is 70.2 cm³/mol. The number of aromatic nitrogens is 2. The molecule has 1 aromatic carbocycles. The highest BCUT2D eigenvalue weighted by molar-refractivity contribution is 14.1. The second-order valence-corrected chi connectivity index (χ2v) is 4.76. The molecule has 17 heavy (non-hydrogen) atoms. The highest BCUT2D eigenvalue weighted by Gasteiger charge is 2.13. The molecule has 84 valence electrons. The van der Waals surface area contributed by atoms with Gasteiger partial charge in [0, 0.05) is 8.96 Å². The highest BCUT2D eigenvalue weighted by Crippen LogP contribution is 2.24. The molecule has 0 radical (unpaired) electrons. The molecule has 0 spiro atoms. The van der Waals surface area contributed by atoms with E-state index in [-0.39, 0.29) is 11.5 Å². The van der Waals surface area contributed by atoms with Crippen LogP contribution in [0.4, 0.5) is 0 Å². The van der Waals surface area contributed by atoms with E-state index in [9.17, 15) is 9.59 Å². The lowest BCUT2D eigenvalue weighted by atomic mass is 10.2. The van der Waals surface area contributed by atoms with Crippen LogP contribution in [-0.4, -0.2) is 9.97 Å². The Morgan fingerprint density at radius 3 is 2.88 bits per heavy atom. The van der Waals surface area contributed by atoms with E-state index in [2.05, 4.69) is 32.6 Å². The number of rotatable bonds is 0. The summed E-state index contributed by atoms with van der Waals surface area (Å²) in [5.41, 5.74) is -0.310. The average Bonchev–Trinajstić information content (AvgIpc) is 2.27. The normalized spacial score (nSPS) is 11.1. The van der Waals surface area contributed by atoms with Gasteiger partial charge in [-0.3, -0.25) is 9.78 Å². The lowest BCUT2D eigenvalue weighted by Gasteiger charge is -2.04. The number of H-pyrrole nitrogens is 1. The molecule has 2 aliphatic heterocycles. The van der Waals surface area contributed by atoms with Crippen LogP contribution in [0.3, 0.4) is 0 Å². The van der Waals surface area contributed by atoms with E-state index in [4.69, 9.17) is 4.42 Å². The molecule has 0 bridgehead atoms. The van der Waals surface area contributed by atoms with Crippen LogP contribution < -0.4 is 11.2 Å². The Balaban J connectivity index is 2.53. The van der Waals surface area contributed by atoms with Crippen LogP contribution in [0, 0.1) is 3.57 Å². The fourth-order valence-corrected chi connectivity index (χ4v) is 2.15. The van der Waals surface area contributed by atoms with Crippen molar-refractivity contribution in [2.45, 2.75) is 0 Å². The topological polar surface area (TPSA) is 76.0 Å². The lowest BCUT2D eigenvalue weighted by molar-refractivity contribution is 0.592. The Labute approximate surface area is 108 Å². The minimum absolute atomic E-state index is 0.0625. The average molecular weight is 340 g/mol. The van der Waals surface area contributed by atoms with Gasteiger partial charge in [0.2, 0.25) is 5.89 Å². The van der Waals surface area contributed by atoms with Gasteiger partial charge in [0.1, 0.15) is 11.1 Å². The molecule has 0 amide bonds. The zero-order chi connectivity index (χ0) is 12.0. The maximum Gasteiger partial charge on any atom is 0.351 e. The summed E-state index contributed by atoms with van der Waals surface area (Å²) in [6.45, 7) is 0. The molecule has 0 aromatic heterocycles. The van der Waals surface area contributed by atoms with Crippen molar-refractivity contribution >= 4 is 33.6 Å². The molecule has 0 unspecified atom stereocenters. The molecule has 5 nitrogen and oxygen atoms in total. The van der Waals surface area contributed by atoms with Gasteiger partial charge >= 0.3 is 5.69 Å². The number of fused-ring (bicyclic) bond motifs is 2. The van der Waals surface area contributed by atoms with Gasteiger partial charge in [-0.2, -0.15) is 4.98 Å². The van der Waals surface area contributed by atoms with Gasteiger partial charge in [-0.15, -0.1) is 0 Å². The quantitative estimate of drug-likeness (QED) is 0.498. The number of aromatic amines is 1. The summed E-state index contributed by atoms with van der Waals surface area (Å²) >= 11 is 2.17. The van der Waals surface area contributed by atoms with Gasteiger partial charge < -0.3 is 4.42 Å². The first-order valence-electron chi connectivity index (χ1n) is 4.77.